The molecule has 26 heavy (non-hydrogen) atoms. The zero-order chi connectivity index (χ0) is 18.5. The molecule has 0 unspecified atom stereocenters. The van der Waals surface area contributed by atoms with E-state index in [0.717, 1.165) is 22.3 Å². The summed E-state index contributed by atoms with van der Waals surface area (Å²) in [5, 5.41) is 2.46. The topological polar surface area (TPSA) is 90.6 Å². The summed E-state index contributed by atoms with van der Waals surface area (Å²) in [6, 6.07) is 15.3. The predicted octanol–water partition coefficient (Wildman–Crippen LogP) is 2.42. The van der Waals surface area contributed by atoms with E-state index in [1.54, 1.807) is 6.92 Å². The minimum atomic E-state index is -0.911. The van der Waals surface area contributed by atoms with Gasteiger partial charge in [-0.1, -0.05) is 48.5 Å². The number of fused-ring (bicyclic) bond motifs is 3. The zero-order valence-corrected chi connectivity index (χ0v) is 14.6. The molecule has 0 fully saturated rings. The fraction of sp³-hybridized carbons (Fsp3) is 0.300. The van der Waals surface area contributed by atoms with Gasteiger partial charge in [0.15, 0.2) is 0 Å². The fourth-order valence-electron chi connectivity index (χ4n) is 3.24. The summed E-state index contributed by atoms with van der Waals surface area (Å²) >= 11 is 0. The average molecular weight is 354 g/mol. The molecule has 2 aromatic rings. The van der Waals surface area contributed by atoms with Crippen LogP contribution in [0.1, 0.15) is 24.0 Å². The van der Waals surface area contributed by atoms with Crippen molar-refractivity contribution < 1.29 is 19.1 Å². The third-order valence-corrected chi connectivity index (χ3v) is 4.44. The predicted molar refractivity (Wildman–Crippen MR) is 97.7 cm³/mol. The Morgan fingerprint density at radius 2 is 1.62 bits per heavy atom. The Bertz CT molecular complexity index is 760. The Kier molecular flexibility index (Phi) is 5.53. The highest BCUT2D eigenvalue weighted by molar-refractivity contribution is 5.82. The van der Waals surface area contributed by atoms with E-state index >= 15 is 0 Å². The maximum absolute atomic E-state index is 12.1. The number of carbonyl (C=O) groups excluding carboxylic acids is 2. The molecule has 0 saturated carbocycles. The van der Waals surface area contributed by atoms with Crippen LogP contribution in [0.4, 0.5) is 4.79 Å². The molecular weight excluding hydrogens is 332 g/mol. The van der Waals surface area contributed by atoms with Crippen LogP contribution in [0.3, 0.4) is 0 Å². The third-order valence-electron chi connectivity index (χ3n) is 4.44. The standard InChI is InChI=1S/C20H22N2O4/c1-2-25-19(23)18(11-21)22-20(24)26-12-17-15-9-5-3-7-13(15)14-8-4-6-10-16(14)17/h3-10,17-18H,2,11-12,21H2,1H3,(H,22,24)/t18-/m0/s1. The molecular formula is C20H22N2O4. The molecule has 6 heteroatoms. The molecule has 0 aliphatic heterocycles. The smallest absolute Gasteiger partial charge is 0.407 e. The molecule has 0 spiro atoms. The van der Waals surface area contributed by atoms with Crippen molar-refractivity contribution in [2.75, 3.05) is 19.8 Å². The number of alkyl carbamates (subject to hydrolysis) is 1. The first-order valence-corrected chi connectivity index (χ1v) is 8.64. The highest BCUT2D eigenvalue weighted by Crippen LogP contribution is 2.44. The fourth-order valence-corrected chi connectivity index (χ4v) is 3.24. The summed E-state index contributed by atoms with van der Waals surface area (Å²) in [4.78, 5) is 23.8. The molecule has 2 aromatic carbocycles. The molecule has 136 valence electrons. The van der Waals surface area contributed by atoms with E-state index < -0.39 is 18.1 Å². The first-order valence-electron chi connectivity index (χ1n) is 8.64. The molecule has 0 bridgehead atoms. The van der Waals surface area contributed by atoms with Crippen LogP contribution in [0.5, 0.6) is 0 Å². The van der Waals surface area contributed by atoms with E-state index in [4.69, 9.17) is 15.2 Å². The lowest BCUT2D eigenvalue weighted by Crippen LogP contribution is -2.47. The van der Waals surface area contributed by atoms with E-state index in [-0.39, 0.29) is 25.7 Å². The van der Waals surface area contributed by atoms with Crippen molar-refractivity contribution in [1.82, 2.24) is 5.32 Å². The van der Waals surface area contributed by atoms with Gasteiger partial charge < -0.3 is 20.5 Å². The number of carbonyl (C=O) groups is 2. The van der Waals surface area contributed by atoms with Crippen molar-refractivity contribution in [2.24, 2.45) is 5.73 Å². The maximum Gasteiger partial charge on any atom is 0.407 e. The van der Waals surface area contributed by atoms with E-state index in [1.807, 2.05) is 36.4 Å². The van der Waals surface area contributed by atoms with Gasteiger partial charge in [-0.25, -0.2) is 9.59 Å². The van der Waals surface area contributed by atoms with Crippen molar-refractivity contribution in [3.8, 4) is 11.1 Å². The third kappa shape index (κ3) is 3.55. The lowest BCUT2D eigenvalue weighted by atomic mass is 9.98. The molecule has 3 rings (SSSR count). The van der Waals surface area contributed by atoms with Crippen LogP contribution < -0.4 is 11.1 Å². The van der Waals surface area contributed by atoms with Gasteiger partial charge in [-0.05, 0) is 29.2 Å². The van der Waals surface area contributed by atoms with Crippen LogP contribution in [-0.2, 0) is 14.3 Å². The minimum absolute atomic E-state index is 0.0351. The molecule has 1 atom stereocenters. The molecule has 1 amide bonds. The molecule has 0 radical (unpaired) electrons. The van der Waals surface area contributed by atoms with Gasteiger partial charge in [0.2, 0.25) is 0 Å². The number of ether oxygens (including phenoxy) is 2. The van der Waals surface area contributed by atoms with E-state index in [1.165, 1.54) is 0 Å². The Morgan fingerprint density at radius 3 is 2.15 bits per heavy atom. The highest BCUT2D eigenvalue weighted by Gasteiger charge is 2.29. The summed E-state index contributed by atoms with van der Waals surface area (Å²) in [5.74, 6) is -0.601. The van der Waals surface area contributed by atoms with Crippen molar-refractivity contribution in [2.45, 2.75) is 18.9 Å². The number of hydrogen-bond acceptors (Lipinski definition) is 5. The molecule has 1 aliphatic rings. The van der Waals surface area contributed by atoms with E-state index in [9.17, 15) is 9.59 Å². The maximum atomic E-state index is 12.1. The van der Waals surface area contributed by atoms with Gasteiger partial charge in [0.05, 0.1) is 6.61 Å². The normalized spacial score (nSPS) is 13.5. The van der Waals surface area contributed by atoms with Crippen LogP contribution in [0.25, 0.3) is 11.1 Å². The van der Waals surface area contributed by atoms with Crippen LogP contribution in [0.2, 0.25) is 0 Å². The molecule has 0 heterocycles. The summed E-state index contributed by atoms with van der Waals surface area (Å²) in [6.45, 7) is 2.05. The van der Waals surface area contributed by atoms with Gasteiger partial charge in [-0.15, -0.1) is 0 Å². The van der Waals surface area contributed by atoms with Gasteiger partial charge in [-0.2, -0.15) is 0 Å². The van der Waals surface area contributed by atoms with Crippen LogP contribution in [0.15, 0.2) is 48.5 Å². The summed E-state index contributed by atoms with van der Waals surface area (Å²) < 4.78 is 10.3. The van der Waals surface area contributed by atoms with Crippen molar-refractivity contribution in [1.29, 1.82) is 0 Å². The quantitative estimate of drug-likeness (QED) is 0.778. The van der Waals surface area contributed by atoms with Gasteiger partial charge >= 0.3 is 12.1 Å². The number of benzene rings is 2. The molecule has 0 saturated heterocycles. The lowest BCUT2D eigenvalue weighted by Gasteiger charge is -2.17. The number of hydrogen-bond donors (Lipinski definition) is 2. The highest BCUT2D eigenvalue weighted by atomic mass is 16.6. The molecule has 3 N–H and O–H groups in total. The molecule has 0 aromatic heterocycles. The van der Waals surface area contributed by atoms with Crippen molar-refractivity contribution in [3.63, 3.8) is 0 Å². The number of nitrogens with two attached hydrogens (primary N) is 1. The van der Waals surface area contributed by atoms with Gasteiger partial charge in [0, 0.05) is 12.5 Å². The van der Waals surface area contributed by atoms with Crippen LogP contribution in [0, 0.1) is 0 Å². The minimum Gasteiger partial charge on any atom is -0.464 e. The first kappa shape index (κ1) is 17.9. The number of amides is 1. The van der Waals surface area contributed by atoms with Crippen LogP contribution in [-0.4, -0.2) is 37.9 Å². The second-order valence-corrected chi connectivity index (χ2v) is 6.01. The van der Waals surface area contributed by atoms with Crippen molar-refractivity contribution >= 4 is 12.1 Å². The second kappa shape index (κ2) is 8.01. The summed E-state index contributed by atoms with van der Waals surface area (Å²) in [6.07, 6.45) is -0.685. The Labute approximate surface area is 152 Å². The van der Waals surface area contributed by atoms with Crippen LogP contribution >= 0.6 is 0 Å². The largest absolute Gasteiger partial charge is 0.464 e. The molecule has 1 aliphatic carbocycles. The number of esters is 1. The Morgan fingerprint density at radius 1 is 1.04 bits per heavy atom. The monoisotopic (exact) mass is 354 g/mol. The van der Waals surface area contributed by atoms with Gasteiger partial charge in [-0.3, -0.25) is 0 Å². The Balaban J connectivity index is 1.68. The molecule has 6 nitrogen and oxygen atoms in total. The van der Waals surface area contributed by atoms with Gasteiger partial charge in [0.1, 0.15) is 12.6 Å². The number of rotatable bonds is 6. The van der Waals surface area contributed by atoms with E-state index in [0.29, 0.717) is 0 Å². The SMILES string of the molecule is CCOC(=O)[C@H](CN)NC(=O)OCC1c2ccccc2-c2ccccc21. The van der Waals surface area contributed by atoms with E-state index in [2.05, 4.69) is 17.4 Å². The average Bonchev–Trinajstić information content (AvgIpc) is 2.98. The number of nitrogens with one attached hydrogen (secondary N) is 1. The second-order valence-electron chi connectivity index (χ2n) is 6.01. The van der Waals surface area contributed by atoms with Crippen molar-refractivity contribution in [3.05, 3.63) is 59.7 Å². The zero-order valence-electron chi connectivity index (χ0n) is 14.6. The summed E-state index contributed by atoms with van der Waals surface area (Å²) in [5.41, 5.74) is 10.1. The van der Waals surface area contributed by atoms with Gasteiger partial charge in [0.25, 0.3) is 0 Å². The lowest BCUT2D eigenvalue weighted by molar-refractivity contribution is -0.145. The Hall–Kier alpha value is -2.86. The summed E-state index contributed by atoms with van der Waals surface area (Å²) in [7, 11) is 0. The first-order chi connectivity index (χ1) is 12.7.